The van der Waals surface area contributed by atoms with Crippen LogP contribution in [-0.4, -0.2) is 26.1 Å². The fourth-order valence-corrected chi connectivity index (χ4v) is 1.45. The van der Waals surface area contributed by atoms with Crippen molar-refractivity contribution >= 4 is 5.91 Å². The highest BCUT2D eigenvalue weighted by Crippen LogP contribution is 2.10. The van der Waals surface area contributed by atoms with Gasteiger partial charge in [-0.3, -0.25) is 4.79 Å². The molecule has 4 heteroatoms. The first-order valence-electron chi connectivity index (χ1n) is 6.25. The lowest BCUT2D eigenvalue weighted by atomic mass is 10.2. The summed E-state index contributed by atoms with van der Waals surface area (Å²) in [4.78, 5) is 11.3. The molecule has 0 fully saturated rings. The lowest BCUT2D eigenvalue weighted by Gasteiger charge is -2.09. The van der Waals surface area contributed by atoms with E-state index in [4.69, 9.17) is 4.74 Å². The second-order valence-electron chi connectivity index (χ2n) is 4.47. The van der Waals surface area contributed by atoms with Gasteiger partial charge in [0, 0.05) is 25.6 Å². The van der Waals surface area contributed by atoms with Gasteiger partial charge in [0.2, 0.25) is 5.91 Å². The van der Waals surface area contributed by atoms with Crippen molar-refractivity contribution in [3.8, 4) is 5.75 Å². The highest BCUT2D eigenvalue weighted by Gasteiger charge is 2.04. The molecule has 100 valence electrons. The van der Waals surface area contributed by atoms with E-state index in [0.717, 1.165) is 18.8 Å². The van der Waals surface area contributed by atoms with Gasteiger partial charge in [-0.05, 0) is 17.7 Å². The number of benzene rings is 1. The Kier molecular flexibility index (Phi) is 6.22. The fourth-order valence-electron chi connectivity index (χ4n) is 1.45. The topological polar surface area (TPSA) is 50.4 Å². The molecule has 0 spiro atoms. The lowest BCUT2D eigenvalue weighted by Crippen LogP contribution is -2.34. The third kappa shape index (κ3) is 5.19. The number of amides is 1. The summed E-state index contributed by atoms with van der Waals surface area (Å²) >= 11 is 0. The van der Waals surface area contributed by atoms with Crippen molar-refractivity contribution in [2.45, 2.75) is 20.4 Å². The van der Waals surface area contributed by atoms with Crippen molar-refractivity contribution in [2.24, 2.45) is 5.92 Å². The molecular formula is C14H22N2O2. The Bertz CT molecular complexity index is 361. The van der Waals surface area contributed by atoms with Gasteiger partial charge in [0.15, 0.2) is 0 Å². The van der Waals surface area contributed by atoms with Gasteiger partial charge in [0.25, 0.3) is 0 Å². The molecule has 0 unspecified atom stereocenters. The van der Waals surface area contributed by atoms with Gasteiger partial charge in [-0.15, -0.1) is 0 Å². The summed E-state index contributed by atoms with van der Waals surface area (Å²) in [5.74, 6) is 1.01. The Morgan fingerprint density at radius 2 is 1.89 bits per heavy atom. The van der Waals surface area contributed by atoms with E-state index in [0.29, 0.717) is 6.54 Å². The molecule has 0 aromatic heterocycles. The molecule has 0 atom stereocenters. The minimum Gasteiger partial charge on any atom is -0.497 e. The summed E-state index contributed by atoms with van der Waals surface area (Å²) in [6.07, 6.45) is 0. The first-order chi connectivity index (χ1) is 8.63. The van der Waals surface area contributed by atoms with Gasteiger partial charge >= 0.3 is 0 Å². The van der Waals surface area contributed by atoms with Crippen LogP contribution in [0.25, 0.3) is 0 Å². The first kappa shape index (κ1) is 14.5. The number of hydrogen-bond donors (Lipinski definition) is 2. The van der Waals surface area contributed by atoms with Crippen molar-refractivity contribution < 1.29 is 9.53 Å². The maximum absolute atomic E-state index is 11.3. The second-order valence-corrected chi connectivity index (χ2v) is 4.47. The van der Waals surface area contributed by atoms with Crippen LogP contribution in [0.5, 0.6) is 5.75 Å². The van der Waals surface area contributed by atoms with Gasteiger partial charge in [0.05, 0.1) is 7.11 Å². The lowest BCUT2D eigenvalue weighted by molar-refractivity contribution is -0.123. The summed E-state index contributed by atoms with van der Waals surface area (Å²) in [6.45, 7) is 6.00. The van der Waals surface area contributed by atoms with Crippen LogP contribution in [-0.2, 0) is 11.3 Å². The predicted octanol–water partition coefficient (Wildman–Crippen LogP) is 1.56. The van der Waals surface area contributed by atoms with Gasteiger partial charge in [-0.25, -0.2) is 0 Å². The zero-order chi connectivity index (χ0) is 13.4. The molecule has 0 aliphatic carbocycles. The summed E-state index contributed by atoms with van der Waals surface area (Å²) < 4.78 is 5.09. The minimum absolute atomic E-state index is 0.0478. The van der Waals surface area contributed by atoms with Crippen LogP contribution in [0.4, 0.5) is 0 Å². The number of ether oxygens (including phenoxy) is 1. The summed E-state index contributed by atoms with van der Waals surface area (Å²) in [7, 11) is 1.66. The molecule has 0 saturated carbocycles. The summed E-state index contributed by atoms with van der Waals surface area (Å²) in [5.41, 5.74) is 1.20. The summed E-state index contributed by atoms with van der Waals surface area (Å²) in [5, 5.41) is 6.14. The molecule has 1 rings (SSSR count). The smallest absolute Gasteiger partial charge is 0.222 e. The number of carbonyl (C=O) groups excluding carboxylic acids is 1. The van der Waals surface area contributed by atoms with Crippen LogP contribution in [0.3, 0.4) is 0 Å². The Morgan fingerprint density at radius 1 is 1.22 bits per heavy atom. The maximum atomic E-state index is 11.3. The number of hydrogen-bond acceptors (Lipinski definition) is 3. The predicted molar refractivity (Wildman–Crippen MR) is 72.5 cm³/mol. The Balaban J connectivity index is 2.15. The molecular weight excluding hydrogens is 228 g/mol. The van der Waals surface area contributed by atoms with E-state index >= 15 is 0 Å². The molecule has 1 aromatic carbocycles. The van der Waals surface area contributed by atoms with Gasteiger partial charge in [-0.1, -0.05) is 26.0 Å². The number of carbonyl (C=O) groups is 1. The average Bonchev–Trinajstić information content (AvgIpc) is 2.38. The average molecular weight is 250 g/mol. The third-order valence-corrected chi connectivity index (χ3v) is 2.61. The van der Waals surface area contributed by atoms with Crippen LogP contribution < -0.4 is 15.4 Å². The number of nitrogens with one attached hydrogen (secondary N) is 2. The SMILES string of the molecule is COc1ccc(CNCCNC(=O)C(C)C)cc1. The van der Waals surface area contributed by atoms with Gasteiger partial charge in [-0.2, -0.15) is 0 Å². The zero-order valence-electron chi connectivity index (χ0n) is 11.3. The first-order valence-corrected chi connectivity index (χ1v) is 6.25. The number of rotatable bonds is 7. The van der Waals surface area contributed by atoms with Crippen molar-refractivity contribution in [3.63, 3.8) is 0 Å². The fraction of sp³-hybridized carbons (Fsp3) is 0.500. The van der Waals surface area contributed by atoms with Crippen LogP contribution in [0.1, 0.15) is 19.4 Å². The Morgan fingerprint density at radius 3 is 2.44 bits per heavy atom. The number of methoxy groups -OCH3 is 1. The van der Waals surface area contributed by atoms with Crippen LogP contribution >= 0.6 is 0 Å². The van der Waals surface area contributed by atoms with Gasteiger partial charge in [0.1, 0.15) is 5.75 Å². The van der Waals surface area contributed by atoms with Crippen molar-refractivity contribution in [2.75, 3.05) is 20.2 Å². The second kappa shape index (κ2) is 7.71. The van der Waals surface area contributed by atoms with Crippen LogP contribution in [0, 0.1) is 5.92 Å². The van der Waals surface area contributed by atoms with E-state index in [1.807, 2.05) is 38.1 Å². The molecule has 18 heavy (non-hydrogen) atoms. The normalized spacial score (nSPS) is 10.4. The molecule has 1 amide bonds. The monoisotopic (exact) mass is 250 g/mol. The Labute approximate surface area is 109 Å². The van der Waals surface area contributed by atoms with Gasteiger partial charge < -0.3 is 15.4 Å². The molecule has 2 N–H and O–H groups in total. The molecule has 0 heterocycles. The molecule has 0 radical (unpaired) electrons. The minimum atomic E-state index is 0.0478. The van der Waals surface area contributed by atoms with E-state index in [1.165, 1.54) is 5.56 Å². The van der Waals surface area contributed by atoms with E-state index in [2.05, 4.69) is 10.6 Å². The van der Waals surface area contributed by atoms with Crippen molar-refractivity contribution in [3.05, 3.63) is 29.8 Å². The molecule has 0 aliphatic rings. The van der Waals surface area contributed by atoms with E-state index in [1.54, 1.807) is 7.11 Å². The van der Waals surface area contributed by atoms with Crippen LogP contribution in [0.15, 0.2) is 24.3 Å². The highest BCUT2D eigenvalue weighted by molar-refractivity contribution is 5.77. The standard InChI is InChI=1S/C14H22N2O2/c1-11(2)14(17)16-9-8-15-10-12-4-6-13(18-3)7-5-12/h4-7,11,15H,8-10H2,1-3H3,(H,16,17). The Hall–Kier alpha value is -1.55. The maximum Gasteiger partial charge on any atom is 0.222 e. The van der Waals surface area contributed by atoms with E-state index in [9.17, 15) is 4.79 Å². The molecule has 0 saturated heterocycles. The van der Waals surface area contributed by atoms with Crippen LogP contribution in [0.2, 0.25) is 0 Å². The quantitative estimate of drug-likeness (QED) is 0.722. The molecule has 1 aromatic rings. The zero-order valence-corrected chi connectivity index (χ0v) is 11.3. The third-order valence-electron chi connectivity index (χ3n) is 2.61. The van der Waals surface area contributed by atoms with E-state index in [-0.39, 0.29) is 11.8 Å². The summed E-state index contributed by atoms with van der Waals surface area (Å²) in [6, 6.07) is 7.94. The van der Waals surface area contributed by atoms with E-state index < -0.39 is 0 Å². The largest absolute Gasteiger partial charge is 0.497 e. The molecule has 4 nitrogen and oxygen atoms in total. The van der Waals surface area contributed by atoms with Crippen molar-refractivity contribution in [1.29, 1.82) is 0 Å². The molecule has 0 bridgehead atoms. The molecule has 0 aliphatic heterocycles. The highest BCUT2D eigenvalue weighted by atomic mass is 16.5. The van der Waals surface area contributed by atoms with Crippen molar-refractivity contribution in [1.82, 2.24) is 10.6 Å².